The van der Waals surface area contributed by atoms with Gasteiger partial charge in [0.1, 0.15) is 0 Å². The maximum Gasteiger partial charge on any atom is 0.223 e. The van der Waals surface area contributed by atoms with E-state index in [4.69, 9.17) is 0 Å². The fourth-order valence-electron chi connectivity index (χ4n) is 1.39. The maximum atomic E-state index is 11.3. The molecule has 1 saturated heterocycles. The highest BCUT2D eigenvalue weighted by Crippen LogP contribution is 2.23. The summed E-state index contributed by atoms with van der Waals surface area (Å²) >= 11 is 5.34. The van der Waals surface area contributed by atoms with Crippen LogP contribution in [0, 0.1) is 0 Å². The number of hydrogen-bond donors (Lipinski definition) is 1. The Balaban J connectivity index is 2.40. The summed E-state index contributed by atoms with van der Waals surface area (Å²) in [4.78, 5) is 23.9. The number of hydrogen-bond acceptors (Lipinski definition) is 4. The van der Waals surface area contributed by atoms with Crippen molar-refractivity contribution in [1.82, 2.24) is 4.90 Å². The molecule has 13 heavy (non-hydrogen) atoms. The Morgan fingerprint density at radius 3 is 3.00 bits per heavy atom. The monoisotopic (exact) mass is 219 g/mol. The molecule has 1 aliphatic rings. The van der Waals surface area contributed by atoms with Crippen LogP contribution in [-0.4, -0.2) is 40.0 Å². The minimum absolute atomic E-state index is 0.0884. The molecule has 0 N–H and O–H groups in total. The Labute approximate surface area is 87.6 Å². The minimum atomic E-state index is 0.0884. The van der Waals surface area contributed by atoms with E-state index < -0.39 is 0 Å². The van der Waals surface area contributed by atoms with Gasteiger partial charge in [0.15, 0.2) is 5.12 Å². The summed E-state index contributed by atoms with van der Waals surface area (Å²) in [6, 6.07) is 0. The van der Waals surface area contributed by atoms with E-state index >= 15 is 0 Å². The molecule has 5 heteroatoms. The highest BCUT2D eigenvalue weighted by molar-refractivity contribution is 8.14. The summed E-state index contributed by atoms with van der Waals surface area (Å²) in [6.45, 7) is 2.93. The van der Waals surface area contributed by atoms with Crippen LogP contribution in [0.4, 0.5) is 0 Å². The summed E-state index contributed by atoms with van der Waals surface area (Å²) in [5, 5.41) is 0.246. The lowest BCUT2D eigenvalue weighted by Crippen LogP contribution is -2.27. The first-order valence-electron chi connectivity index (χ1n) is 4.19. The fraction of sp³-hybridized carbons (Fsp3) is 0.750. The predicted octanol–water partition coefficient (Wildman–Crippen LogP) is 0.797. The van der Waals surface area contributed by atoms with Crippen LogP contribution >= 0.6 is 24.4 Å². The minimum Gasteiger partial charge on any atom is -0.341 e. The molecule has 1 atom stereocenters. The third kappa shape index (κ3) is 3.23. The average Bonchev–Trinajstić information content (AvgIpc) is 2.31. The summed E-state index contributed by atoms with van der Waals surface area (Å²) in [7, 11) is 0. The van der Waals surface area contributed by atoms with Crippen molar-refractivity contribution >= 4 is 35.4 Å². The van der Waals surface area contributed by atoms with E-state index in [1.807, 2.05) is 0 Å². The summed E-state index contributed by atoms with van der Waals surface area (Å²) in [5.41, 5.74) is 0. The number of thiol groups is 1. The third-order valence-electron chi connectivity index (χ3n) is 1.88. The molecule has 1 aliphatic heterocycles. The van der Waals surface area contributed by atoms with E-state index in [2.05, 4.69) is 12.6 Å². The Bertz CT molecular complexity index is 220. The lowest BCUT2D eigenvalue weighted by molar-refractivity contribution is -0.127. The highest BCUT2D eigenvalue weighted by atomic mass is 32.2. The van der Waals surface area contributed by atoms with Crippen LogP contribution in [0.1, 0.15) is 13.3 Å². The molecule has 1 unspecified atom stereocenters. The topological polar surface area (TPSA) is 37.4 Å². The van der Waals surface area contributed by atoms with Crippen molar-refractivity contribution < 1.29 is 9.59 Å². The van der Waals surface area contributed by atoms with Crippen LogP contribution in [0.15, 0.2) is 0 Å². The Hall–Kier alpha value is -0.160. The van der Waals surface area contributed by atoms with Gasteiger partial charge in [-0.2, -0.15) is 12.6 Å². The molecular weight excluding hydrogens is 206 g/mol. The quantitative estimate of drug-likeness (QED) is 0.713. The molecule has 0 aromatic heterocycles. The number of amides is 1. The second kappa shape index (κ2) is 4.91. The number of carbonyl (C=O) groups is 2. The number of thioether (sulfide) groups is 1. The normalized spacial score (nSPS) is 22.5. The molecule has 1 amide bonds. The zero-order valence-corrected chi connectivity index (χ0v) is 9.24. The van der Waals surface area contributed by atoms with Crippen molar-refractivity contribution in [2.75, 3.05) is 18.8 Å². The molecule has 1 rings (SSSR count). The molecule has 0 spiro atoms. The average molecular weight is 219 g/mol. The first-order chi connectivity index (χ1) is 6.13. The van der Waals surface area contributed by atoms with Crippen LogP contribution in [-0.2, 0) is 9.59 Å². The van der Waals surface area contributed by atoms with E-state index in [0.717, 1.165) is 0 Å². The van der Waals surface area contributed by atoms with Crippen molar-refractivity contribution in [2.24, 2.45) is 0 Å². The van der Waals surface area contributed by atoms with Gasteiger partial charge in [-0.15, -0.1) is 0 Å². The highest BCUT2D eigenvalue weighted by Gasteiger charge is 2.29. The lowest BCUT2D eigenvalue weighted by Gasteiger charge is -2.13. The molecule has 74 valence electrons. The van der Waals surface area contributed by atoms with Crippen LogP contribution in [0.25, 0.3) is 0 Å². The number of likely N-dealkylation sites (tertiary alicyclic amines) is 1. The molecule has 0 radical (unpaired) electrons. The van der Waals surface area contributed by atoms with Crippen LogP contribution in [0.3, 0.4) is 0 Å². The third-order valence-corrected chi connectivity index (χ3v) is 3.06. The van der Waals surface area contributed by atoms with E-state index in [1.54, 1.807) is 4.90 Å². The Morgan fingerprint density at radius 1 is 1.77 bits per heavy atom. The Kier molecular flexibility index (Phi) is 4.12. The first kappa shape index (κ1) is 10.9. The van der Waals surface area contributed by atoms with Crippen LogP contribution in [0.2, 0.25) is 0 Å². The van der Waals surface area contributed by atoms with Crippen LogP contribution < -0.4 is 0 Å². The summed E-state index contributed by atoms with van der Waals surface area (Å²) in [6.07, 6.45) is 0.498. The van der Waals surface area contributed by atoms with Gasteiger partial charge in [-0.3, -0.25) is 9.59 Å². The largest absolute Gasteiger partial charge is 0.341 e. The van der Waals surface area contributed by atoms with E-state index in [0.29, 0.717) is 25.3 Å². The van der Waals surface area contributed by atoms with Gasteiger partial charge in [-0.25, -0.2) is 0 Å². The van der Waals surface area contributed by atoms with Crippen molar-refractivity contribution in [3.8, 4) is 0 Å². The van der Waals surface area contributed by atoms with Gasteiger partial charge in [0.2, 0.25) is 5.91 Å². The zero-order chi connectivity index (χ0) is 9.84. The number of rotatable bonds is 3. The summed E-state index contributed by atoms with van der Waals surface area (Å²) < 4.78 is 0. The molecule has 1 fully saturated rings. The summed E-state index contributed by atoms with van der Waals surface area (Å²) in [5.74, 6) is 0.830. The molecule has 0 aliphatic carbocycles. The molecule has 0 saturated carbocycles. The number of nitrogens with zero attached hydrogens (tertiary/aromatic N) is 1. The van der Waals surface area contributed by atoms with Gasteiger partial charge in [-0.1, -0.05) is 11.8 Å². The number of carbonyl (C=O) groups excluding carboxylic acids is 2. The zero-order valence-electron chi connectivity index (χ0n) is 7.52. The fourth-order valence-corrected chi connectivity index (χ4v) is 2.58. The lowest BCUT2D eigenvalue weighted by atomic mass is 10.4. The SMILES string of the molecule is CC(=O)SC1CC(=O)N(CCS)C1. The Morgan fingerprint density at radius 2 is 2.46 bits per heavy atom. The predicted molar refractivity (Wildman–Crippen MR) is 57.1 cm³/mol. The van der Waals surface area contributed by atoms with Gasteiger partial charge >= 0.3 is 0 Å². The molecule has 3 nitrogen and oxygen atoms in total. The molecule has 0 aromatic carbocycles. The molecular formula is C8H13NO2S2. The first-order valence-corrected chi connectivity index (χ1v) is 5.70. The smallest absolute Gasteiger partial charge is 0.223 e. The van der Waals surface area contributed by atoms with Crippen LogP contribution in [0.5, 0.6) is 0 Å². The van der Waals surface area contributed by atoms with Gasteiger partial charge in [-0.05, 0) is 0 Å². The molecule has 0 bridgehead atoms. The van der Waals surface area contributed by atoms with Gasteiger partial charge < -0.3 is 4.90 Å². The standard InChI is InChI=1S/C8H13NO2S2/c1-6(10)13-7-4-8(11)9(5-7)2-3-12/h7,12H,2-5H2,1H3. The molecule has 1 heterocycles. The second-order valence-corrected chi connectivity index (χ2v) is 4.92. The maximum absolute atomic E-state index is 11.3. The second-order valence-electron chi connectivity index (χ2n) is 3.00. The molecule has 0 aromatic rings. The van der Waals surface area contributed by atoms with Crippen molar-refractivity contribution in [2.45, 2.75) is 18.6 Å². The van der Waals surface area contributed by atoms with Gasteiger partial charge in [0, 0.05) is 37.4 Å². The van der Waals surface area contributed by atoms with E-state index in [9.17, 15) is 9.59 Å². The van der Waals surface area contributed by atoms with Gasteiger partial charge in [0.05, 0.1) is 0 Å². The van der Waals surface area contributed by atoms with E-state index in [-0.39, 0.29) is 16.3 Å². The van der Waals surface area contributed by atoms with Crippen molar-refractivity contribution in [3.05, 3.63) is 0 Å². The van der Waals surface area contributed by atoms with Crippen molar-refractivity contribution in [3.63, 3.8) is 0 Å². The van der Waals surface area contributed by atoms with E-state index in [1.165, 1.54) is 18.7 Å². The van der Waals surface area contributed by atoms with Crippen molar-refractivity contribution in [1.29, 1.82) is 0 Å². The van der Waals surface area contributed by atoms with Gasteiger partial charge in [0.25, 0.3) is 0 Å².